The second-order valence-electron chi connectivity index (χ2n) is 4.06. The average molecular weight is 223 g/mol. The van der Waals surface area contributed by atoms with E-state index in [2.05, 4.69) is 60.8 Å². The predicted octanol–water partition coefficient (Wildman–Crippen LogP) is 4.12. The van der Waals surface area contributed by atoms with Gasteiger partial charge in [0.25, 0.3) is 0 Å². The van der Waals surface area contributed by atoms with Crippen LogP contribution in [0, 0.1) is 6.92 Å². The molecule has 0 saturated carbocycles. The van der Waals surface area contributed by atoms with E-state index in [0.29, 0.717) is 0 Å². The molecule has 0 aliphatic carbocycles. The van der Waals surface area contributed by atoms with Crippen LogP contribution in [0.5, 0.6) is 0 Å². The molecule has 2 rings (SSSR count). The Labute approximate surface area is 103 Å². The third-order valence-corrected chi connectivity index (χ3v) is 2.55. The third-order valence-electron chi connectivity index (χ3n) is 2.55. The molecule has 0 radical (unpaired) electrons. The van der Waals surface area contributed by atoms with Gasteiger partial charge in [-0.05, 0) is 24.6 Å². The minimum atomic E-state index is 0.845. The van der Waals surface area contributed by atoms with Gasteiger partial charge in [-0.15, -0.1) is 0 Å². The molecule has 0 atom stereocenters. The molecule has 2 aromatic rings. The van der Waals surface area contributed by atoms with Gasteiger partial charge in [-0.1, -0.05) is 60.2 Å². The van der Waals surface area contributed by atoms with E-state index in [1.807, 2.05) is 18.2 Å². The molecule has 0 aromatic heterocycles. The highest BCUT2D eigenvalue weighted by Crippen LogP contribution is 2.07. The van der Waals surface area contributed by atoms with Crippen molar-refractivity contribution in [1.82, 2.24) is 0 Å². The topological polar surface area (TPSA) is 12.0 Å². The molecule has 0 aliphatic heterocycles. The van der Waals surface area contributed by atoms with Gasteiger partial charge in [0.1, 0.15) is 0 Å². The van der Waals surface area contributed by atoms with Gasteiger partial charge in [0.15, 0.2) is 0 Å². The summed E-state index contributed by atoms with van der Waals surface area (Å²) in [5.41, 5.74) is 3.70. The summed E-state index contributed by atoms with van der Waals surface area (Å²) in [6, 6.07) is 18.7. The molecule has 0 saturated heterocycles. The van der Waals surface area contributed by atoms with Gasteiger partial charge in [-0.25, -0.2) is 0 Å². The third kappa shape index (κ3) is 3.80. The number of anilines is 1. The first-order valence-corrected chi connectivity index (χ1v) is 5.87. The van der Waals surface area contributed by atoms with Crippen LogP contribution in [0.3, 0.4) is 0 Å². The second-order valence-corrected chi connectivity index (χ2v) is 4.06. The summed E-state index contributed by atoms with van der Waals surface area (Å²) in [5, 5.41) is 3.34. The molecule has 1 nitrogen and oxygen atoms in total. The Morgan fingerprint density at radius 1 is 1.00 bits per heavy atom. The summed E-state index contributed by atoms with van der Waals surface area (Å²) in [7, 11) is 0. The van der Waals surface area contributed by atoms with Crippen LogP contribution in [0.25, 0.3) is 6.08 Å². The van der Waals surface area contributed by atoms with Crippen molar-refractivity contribution in [3.63, 3.8) is 0 Å². The number of nitrogens with one attached hydrogen (secondary N) is 1. The first-order chi connectivity index (χ1) is 8.34. The number of benzene rings is 2. The maximum atomic E-state index is 3.34. The first-order valence-electron chi connectivity index (χ1n) is 5.87. The lowest BCUT2D eigenvalue weighted by Crippen LogP contribution is -1.96. The van der Waals surface area contributed by atoms with Crippen molar-refractivity contribution in [3.8, 4) is 0 Å². The van der Waals surface area contributed by atoms with Gasteiger partial charge in [-0.3, -0.25) is 0 Å². The summed E-state index contributed by atoms with van der Waals surface area (Å²) >= 11 is 0. The van der Waals surface area contributed by atoms with Gasteiger partial charge in [0.05, 0.1) is 0 Å². The second kappa shape index (κ2) is 5.90. The zero-order valence-corrected chi connectivity index (χ0v) is 10.1. The van der Waals surface area contributed by atoms with Crippen molar-refractivity contribution >= 4 is 11.8 Å². The van der Waals surface area contributed by atoms with E-state index in [-0.39, 0.29) is 0 Å². The largest absolute Gasteiger partial charge is 0.382 e. The SMILES string of the molecule is Cc1cccc(/C=C/CNc2ccccc2)c1. The van der Waals surface area contributed by atoms with E-state index in [4.69, 9.17) is 0 Å². The summed E-state index contributed by atoms with van der Waals surface area (Å²) in [4.78, 5) is 0. The lowest BCUT2D eigenvalue weighted by molar-refractivity contribution is 1.34. The van der Waals surface area contributed by atoms with E-state index in [0.717, 1.165) is 12.2 Å². The van der Waals surface area contributed by atoms with E-state index >= 15 is 0 Å². The molecular weight excluding hydrogens is 206 g/mol. The molecule has 2 aromatic carbocycles. The van der Waals surface area contributed by atoms with Crippen molar-refractivity contribution in [2.75, 3.05) is 11.9 Å². The van der Waals surface area contributed by atoms with Gasteiger partial charge in [0.2, 0.25) is 0 Å². The van der Waals surface area contributed by atoms with Crippen LogP contribution in [0.1, 0.15) is 11.1 Å². The van der Waals surface area contributed by atoms with Crippen LogP contribution < -0.4 is 5.32 Å². The Kier molecular flexibility index (Phi) is 3.98. The highest BCUT2D eigenvalue weighted by Gasteiger charge is 1.88. The molecule has 0 fully saturated rings. The van der Waals surface area contributed by atoms with Crippen LogP contribution >= 0.6 is 0 Å². The Morgan fingerprint density at radius 2 is 1.82 bits per heavy atom. The molecule has 0 aliphatic rings. The number of hydrogen-bond acceptors (Lipinski definition) is 1. The number of rotatable bonds is 4. The molecule has 86 valence electrons. The maximum absolute atomic E-state index is 3.34. The number of para-hydroxylation sites is 1. The summed E-state index contributed by atoms with van der Waals surface area (Å²) < 4.78 is 0. The normalized spacial score (nSPS) is 10.6. The fraction of sp³-hybridized carbons (Fsp3) is 0.125. The van der Waals surface area contributed by atoms with Crippen molar-refractivity contribution < 1.29 is 0 Å². The van der Waals surface area contributed by atoms with Crippen molar-refractivity contribution in [2.45, 2.75) is 6.92 Å². The molecule has 0 bridgehead atoms. The lowest BCUT2D eigenvalue weighted by Gasteiger charge is -2.01. The molecule has 1 N–H and O–H groups in total. The van der Waals surface area contributed by atoms with Crippen molar-refractivity contribution in [3.05, 3.63) is 71.8 Å². The van der Waals surface area contributed by atoms with E-state index < -0.39 is 0 Å². The standard InChI is InChI=1S/C16H17N/c1-14-7-5-8-15(13-14)9-6-12-17-16-10-3-2-4-11-16/h2-11,13,17H,12H2,1H3/b9-6+. The van der Waals surface area contributed by atoms with Gasteiger partial charge in [-0.2, -0.15) is 0 Å². The highest BCUT2D eigenvalue weighted by molar-refractivity contribution is 5.51. The van der Waals surface area contributed by atoms with Crippen molar-refractivity contribution in [1.29, 1.82) is 0 Å². The Balaban J connectivity index is 1.86. The Hall–Kier alpha value is -2.02. The Bertz CT molecular complexity index is 486. The summed E-state index contributed by atoms with van der Waals surface area (Å²) in [6.45, 7) is 2.96. The molecule has 0 amide bonds. The number of aryl methyl sites for hydroxylation is 1. The first kappa shape index (κ1) is 11.5. The monoisotopic (exact) mass is 223 g/mol. The number of hydrogen-bond donors (Lipinski definition) is 1. The minimum absolute atomic E-state index is 0.845. The maximum Gasteiger partial charge on any atom is 0.0342 e. The van der Waals surface area contributed by atoms with Gasteiger partial charge < -0.3 is 5.32 Å². The van der Waals surface area contributed by atoms with Crippen LogP contribution in [0.4, 0.5) is 5.69 Å². The van der Waals surface area contributed by atoms with E-state index in [1.165, 1.54) is 11.1 Å². The smallest absolute Gasteiger partial charge is 0.0342 e. The predicted molar refractivity (Wildman–Crippen MR) is 75.1 cm³/mol. The van der Waals surface area contributed by atoms with Crippen molar-refractivity contribution in [2.24, 2.45) is 0 Å². The molecule has 17 heavy (non-hydrogen) atoms. The average Bonchev–Trinajstić information content (AvgIpc) is 2.36. The molecular formula is C16H17N. The summed E-state index contributed by atoms with van der Waals surface area (Å²) in [5.74, 6) is 0. The fourth-order valence-electron chi connectivity index (χ4n) is 1.70. The van der Waals surface area contributed by atoms with Crippen LogP contribution in [-0.4, -0.2) is 6.54 Å². The minimum Gasteiger partial charge on any atom is -0.382 e. The summed E-state index contributed by atoms with van der Waals surface area (Å²) in [6.07, 6.45) is 4.28. The lowest BCUT2D eigenvalue weighted by atomic mass is 10.1. The van der Waals surface area contributed by atoms with Gasteiger partial charge in [0, 0.05) is 12.2 Å². The Morgan fingerprint density at radius 3 is 2.59 bits per heavy atom. The molecule has 1 heteroatoms. The quantitative estimate of drug-likeness (QED) is 0.822. The molecule has 0 spiro atoms. The zero-order valence-electron chi connectivity index (χ0n) is 10.1. The van der Waals surface area contributed by atoms with Crippen LogP contribution in [0.2, 0.25) is 0 Å². The highest BCUT2D eigenvalue weighted by atomic mass is 14.8. The molecule has 0 unspecified atom stereocenters. The fourth-order valence-corrected chi connectivity index (χ4v) is 1.70. The zero-order chi connectivity index (χ0) is 11.9. The van der Waals surface area contributed by atoms with Gasteiger partial charge >= 0.3 is 0 Å². The van der Waals surface area contributed by atoms with Crippen LogP contribution in [-0.2, 0) is 0 Å². The molecule has 0 heterocycles. The van der Waals surface area contributed by atoms with Crippen LogP contribution in [0.15, 0.2) is 60.7 Å². The van der Waals surface area contributed by atoms with E-state index in [1.54, 1.807) is 0 Å². The van der Waals surface area contributed by atoms with E-state index in [9.17, 15) is 0 Å².